The zero-order valence-corrected chi connectivity index (χ0v) is 14.5. The number of allylic oxidation sites excluding steroid dienone is 1. The largest absolute Gasteiger partial charge is 0.300 e. The standard InChI is InChI=1S/C22H23F2N/c1-25-20-8-9-21(25)11-15(10-20)12-22(16-4-2-6-18(23)13-16)17-5-3-7-19(24)14-17/h2-7,12-15,20-21H,8-11H2,1H3/t15?,20-,21+. The molecule has 130 valence electrons. The summed E-state index contributed by atoms with van der Waals surface area (Å²) in [5.74, 6) is -0.0678. The van der Waals surface area contributed by atoms with Crippen LogP contribution in [0.4, 0.5) is 8.78 Å². The van der Waals surface area contributed by atoms with Crippen LogP contribution in [0.25, 0.3) is 5.57 Å². The fraction of sp³-hybridized carbons (Fsp3) is 0.364. The summed E-state index contributed by atoms with van der Waals surface area (Å²) in [5, 5.41) is 0. The van der Waals surface area contributed by atoms with Gasteiger partial charge in [-0.3, -0.25) is 0 Å². The maximum Gasteiger partial charge on any atom is 0.123 e. The van der Waals surface area contributed by atoms with Crippen molar-refractivity contribution in [2.24, 2.45) is 5.92 Å². The van der Waals surface area contributed by atoms with E-state index in [2.05, 4.69) is 18.0 Å². The second kappa shape index (κ2) is 6.72. The zero-order chi connectivity index (χ0) is 17.4. The molecule has 0 radical (unpaired) electrons. The molecule has 3 atom stereocenters. The smallest absolute Gasteiger partial charge is 0.123 e. The summed E-state index contributed by atoms with van der Waals surface area (Å²) in [6.45, 7) is 0. The van der Waals surface area contributed by atoms with Crippen molar-refractivity contribution in [3.63, 3.8) is 0 Å². The van der Waals surface area contributed by atoms with Crippen LogP contribution in [-0.4, -0.2) is 24.0 Å². The SMILES string of the molecule is CN1[C@@H]2CC[C@H]1CC(C=C(c1cccc(F)c1)c1cccc(F)c1)C2. The van der Waals surface area contributed by atoms with E-state index in [0.29, 0.717) is 18.0 Å². The minimum Gasteiger partial charge on any atom is -0.300 e. The summed E-state index contributed by atoms with van der Waals surface area (Å²) in [6.07, 6.45) is 7.03. The van der Waals surface area contributed by atoms with Crippen molar-refractivity contribution >= 4 is 5.57 Å². The predicted octanol–water partition coefficient (Wildman–Crippen LogP) is 5.27. The summed E-state index contributed by atoms with van der Waals surface area (Å²) < 4.78 is 27.6. The molecule has 0 aromatic heterocycles. The van der Waals surface area contributed by atoms with Gasteiger partial charge in [0, 0.05) is 12.1 Å². The highest BCUT2D eigenvalue weighted by Gasteiger charge is 2.37. The van der Waals surface area contributed by atoms with Crippen LogP contribution in [0.2, 0.25) is 0 Å². The van der Waals surface area contributed by atoms with Crippen molar-refractivity contribution in [1.82, 2.24) is 4.90 Å². The van der Waals surface area contributed by atoms with E-state index in [9.17, 15) is 8.78 Å². The quantitative estimate of drug-likeness (QED) is 0.736. The second-order valence-electron chi connectivity index (χ2n) is 7.38. The van der Waals surface area contributed by atoms with E-state index >= 15 is 0 Å². The van der Waals surface area contributed by atoms with Gasteiger partial charge in [0.15, 0.2) is 0 Å². The summed E-state index contributed by atoms with van der Waals surface area (Å²) in [4.78, 5) is 2.51. The molecule has 25 heavy (non-hydrogen) atoms. The van der Waals surface area contributed by atoms with Crippen LogP contribution < -0.4 is 0 Å². The van der Waals surface area contributed by atoms with Gasteiger partial charge in [-0.1, -0.05) is 30.3 Å². The minimum absolute atomic E-state index is 0.261. The third-order valence-electron chi connectivity index (χ3n) is 5.81. The number of halogens is 2. The van der Waals surface area contributed by atoms with Crippen molar-refractivity contribution in [2.45, 2.75) is 37.8 Å². The Morgan fingerprint density at radius 3 is 1.92 bits per heavy atom. The van der Waals surface area contributed by atoms with Crippen molar-refractivity contribution < 1.29 is 8.78 Å². The Kier molecular flexibility index (Phi) is 4.43. The van der Waals surface area contributed by atoms with Crippen molar-refractivity contribution in [3.05, 3.63) is 77.4 Å². The molecular formula is C22H23F2N. The molecule has 2 aliphatic heterocycles. The number of nitrogens with zero attached hydrogens (tertiary/aromatic N) is 1. The molecule has 0 spiro atoms. The zero-order valence-electron chi connectivity index (χ0n) is 14.5. The number of benzene rings is 2. The molecule has 2 saturated heterocycles. The third-order valence-corrected chi connectivity index (χ3v) is 5.81. The highest BCUT2D eigenvalue weighted by molar-refractivity contribution is 5.80. The summed E-state index contributed by atoms with van der Waals surface area (Å²) in [5.41, 5.74) is 2.57. The summed E-state index contributed by atoms with van der Waals surface area (Å²) in [7, 11) is 2.22. The number of rotatable bonds is 3. The van der Waals surface area contributed by atoms with Crippen LogP contribution in [0, 0.1) is 17.6 Å². The van der Waals surface area contributed by atoms with Gasteiger partial charge in [-0.05, 0) is 79.6 Å². The van der Waals surface area contributed by atoms with Crippen LogP contribution in [-0.2, 0) is 0 Å². The third kappa shape index (κ3) is 3.38. The molecule has 0 N–H and O–H groups in total. The lowest BCUT2D eigenvalue weighted by Crippen LogP contribution is -2.39. The van der Waals surface area contributed by atoms with Crippen LogP contribution in [0.3, 0.4) is 0 Å². The van der Waals surface area contributed by atoms with Crippen molar-refractivity contribution in [3.8, 4) is 0 Å². The second-order valence-corrected chi connectivity index (χ2v) is 7.38. The highest BCUT2D eigenvalue weighted by Crippen LogP contribution is 2.39. The molecule has 3 heteroatoms. The first-order valence-corrected chi connectivity index (χ1v) is 9.06. The monoisotopic (exact) mass is 339 g/mol. The van der Waals surface area contributed by atoms with Gasteiger partial charge >= 0.3 is 0 Å². The fourth-order valence-corrected chi connectivity index (χ4v) is 4.50. The Hall–Kier alpha value is -2.00. The van der Waals surface area contributed by atoms with E-state index < -0.39 is 0 Å². The first-order valence-electron chi connectivity index (χ1n) is 9.06. The molecule has 2 aliphatic rings. The van der Waals surface area contributed by atoms with Gasteiger partial charge < -0.3 is 4.90 Å². The molecule has 2 aromatic carbocycles. The number of hydrogen-bond donors (Lipinski definition) is 0. The average Bonchev–Trinajstić information content (AvgIpc) is 2.81. The maximum absolute atomic E-state index is 13.8. The molecule has 0 aliphatic carbocycles. The summed E-state index contributed by atoms with van der Waals surface area (Å²) in [6, 6.07) is 14.5. The van der Waals surface area contributed by atoms with Crippen LogP contribution in [0.5, 0.6) is 0 Å². The molecule has 1 nitrogen and oxygen atoms in total. The summed E-state index contributed by atoms with van der Waals surface area (Å²) >= 11 is 0. The van der Waals surface area contributed by atoms with Gasteiger partial charge in [-0.25, -0.2) is 8.78 Å². The Morgan fingerprint density at radius 2 is 1.44 bits per heavy atom. The Bertz CT molecular complexity index is 737. The lowest BCUT2D eigenvalue weighted by molar-refractivity contribution is 0.152. The normalized spacial score (nSPS) is 25.8. The van der Waals surface area contributed by atoms with Crippen molar-refractivity contribution in [2.75, 3.05) is 7.05 Å². The van der Waals surface area contributed by atoms with E-state index in [1.54, 1.807) is 24.3 Å². The average molecular weight is 339 g/mol. The van der Waals surface area contributed by atoms with Crippen LogP contribution in [0.1, 0.15) is 36.8 Å². The highest BCUT2D eigenvalue weighted by atomic mass is 19.1. The molecule has 2 fully saturated rings. The number of piperidine rings is 1. The van der Waals surface area contributed by atoms with E-state index in [4.69, 9.17) is 0 Å². The first kappa shape index (κ1) is 16.5. The first-order chi connectivity index (χ1) is 12.1. The fourth-order valence-electron chi connectivity index (χ4n) is 4.50. The van der Waals surface area contributed by atoms with Crippen LogP contribution >= 0.6 is 0 Å². The Morgan fingerprint density at radius 1 is 0.920 bits per heavy atom. The minimum atomic E-state index is -0.261. The van der Waals surface area contributed by atoms with Gasteiger partial charge in [0.05, 0.1) is 0 Å². The topological polar surface area (TPSA) is 3.24 Å². The van der Waals surface area contributed by atoms with Crippen molar-refractivity contribution in [1.29, 1.82) is 0 Å². The van der Waals surface area contributed by atoms with Gasteiger partial charge in [-0.2, -0.15) is 0 Å². The predicted molar refractivity (Wildman–Crippen MR) is 97.2 cm³/mol. The Balaban J connectivity index is 1.73. The molecule has 2 bridgehead atoms. The molecule has 0 saturated carbocycles. The van der Waals surface area contributed by atoms with Gasteiger partial charge in [-0.15, -0.1) is 0 Å². The van der Waals surface area contributed by atoms with E-state index in [-0.39, 0.29) is 11.6 Å². The molecule has 1 unspecified atom stereocenters. The maximum atomic E-state index is 13.8. The number of fused-ring (bicyclic) bond motifs is 2. The Labute approximate surface area is 148 Å². The van der Waals surface area contributed by atoms with Gasteiger partial charge in [0.2, 0.25) is 0 Å². The van der Waals surface area contributed by atoms with E-state index in [1.807, 2.05) is 12.1 Å². The molecule has 0 amide bonds. The lowest BCUT2D eigenvalue weighted by atomic mass is 9.86. The van der Waals surface area contributed by atoms with Crippen LogP contribution in [0.15, 0.2) is 54.6 Å². The lowest BCUT2D eigenvalue weighted by Gasteiger charge is -2.35. The van der Waals surface area contributed by atoms with Gasteiger partial charge in [0.25, 0.3) is 0 Å². The molecule has 2 heterocycles. The van der Waals surface area contributed by atoms with Gasteiger partial charge in [0.1, 0.15) is 11.6 Å². The van der Waals surface area contributed by atoms with E-state index in [0.717, 1.165) is 29.5 Å². The van der Waals surface area contributed by atoms with E-state index in [1.165, 1.54) is 25.0 Å². The molecule has 4 rings (SSSR count). The number of hydrogen-bond acceptors (Lipinski definition) is 1. The molecular weight excluding hydrogens is 316 g/mol. The molecule has 2 aromatic rings.